The molecule has 0 bridgehead atoms. The summed E-state index contributed by atoms with van der Waals surface area (Å²) in [7, 11) is 0. The van der Waals surface area contributed by atoms with E-state index in [-0.39, 0.29) is 11.7 Å². The van der Waals surface area contributed by atoms with E-state index in [0.717, 1.165) is 24.9 Å². The van der Waals surface area contributed by atoms with Gasteiger partial charge in [0, 0.05) is 17.7 Å². The van der Waals surface area contributed by atoms with Gasteiger partial charge in [0.05, 0.1) is 21.3 Å². The highest BCUT2D eigenvalue weighted by Crippen LogP contribution is 2.33. The predicted octanol–water partition coefficient (Wildman–Crippen LogP) is 6.22. The lowest BCUT2D eigenvalue weighted by Crippen LogP contribution is -2.50. The Kier molecular flexibility index (Phi) is 6.66. The zero-order valence-electron chi connectivity index (χ0n) is 17.8. The van der Waals surface area contributed by atoms with Gasteiger partial charge < -0.3 is 5.32 Å². The molecule has 0 spiro atoms. The molecule has 1 aliphatic heterocycles. The summed E-state index contributed by atoms with van der Waals surface area (Å²) in [6, 6.07) is 21.8. The molecule has 0 saturated carbocycles. The Hall–Kier alpha value is -2.66. The molecular formula is C26H24Cl2N2O2. The van der Waals surface area contributed by atoms with Gasteiger partial charge in [-0.05, 0) is 56.1 Å². The number of amides is 1. The van der Waals surface area contributed by atoms with Crippen LogP contribution in [0.3, 0.4) is 0 Å². The van der Waals surface area contributed by atoms with E-state index in [1.54, 1.807) is 36.4 Å². The van der Waals surface area contributed by atoms with Gasteiger partial charge in [-0.15, -0.1) is 0 Å². The smallest absolute Gasteiger partial charge is 0.244 e. The SMILES string of the molecule is C[C@]1(C(=O)Nc2ccccc2C(=O)c2ccccc2)CCCN1Cc1ccc(Cl)c(Cl)c1. The van der Waals surface area contributed by atoms with Crippen molar-refractivity contribution in [3.8, 4) is 0 Å². The van der Waals surface area contributed by atoms with E-state index in [2.05, 4.69) is 10.2 Å². The Labute approximate surface area is 198 Å². The molecule has 6 heteroatoms. The average Bonchev–Trinajstić information content (AvgIpc) is 3.18. The highest BCUT2D eigenvalue weighted by Gasteiger charge is 2.43. The minimum absolute atomic E-state index is 0.120. The van der Waals surface area contributed by atoms with Crippen molar-refractivity contribution >= 4 is 40.6 Å². The number of benzene rings is 3. The summed E-state index contributed by atoms with van der Waals surface area (Å²) in [6.07, 6.45) is 1.64. The summed E-state index contributed by atoms with van der Waals surface area (Å²) in [5, 5.41) is 4.05. The molecule has 1 aliphatic rings. The van der Waals surface area contributed by atoms with Gasteiger partial charge >= 0.3 is 0 Å². The highest BCUT2D eigenvalue weighted by atomic mass is 35.5. The summed E-state index contributed by atoms with van der Waals surface area (Å²) in [5.74, 6) is -0.242. The molecule has 1 N–H and O–H groups in total. The number of anilines is 1. The van der Waals surface area contributed by atoms with E-state index in [0.29, 0.717) is 33.4 Å². The molecular weight excluding hydrogens is 443 g/mol. The van der Waals surface area contributed by atoms with Crippen molar-refractivity contribution in [2.24, 2.45) is 0 Å². The molecule has 1 fully saturated rings. The Morgan fingerprint density at radius 1 is 0.969 bits per heavy atom. The van der Waals surface area contributed by atoms with Crippen LogP contribution in [0.15, 0.2) is 72.8 Å². The minimum Gasteiger partial charge on any atom is -0.324 e. The van der Waals surface area contributed by atoms with Gasteiger partial charge in [0.2, 0.25) is 5.91 Å². The van der Waals surface area contributed by atoms with Crippen LogP contribution in [0.2, 0.25) is 10.0 Å². The van der Waals surface area contributed by atoms with E-state index < -0.39 is 5.54 Å². The quantitative estimate of drug-likeness (QED) is 0.438. The largest absolute Gasteiger partial charge is 0.324 e. The lowest BCUT2D eigenvalue weighted by Gasteiger charge is -2.34. The second kappa shape index (κ2) is 9.45. The van der Waals surface area contributed by atoms with Crippen LogP contribution >= 0.6 is 23.2 Å². The van der Waals surface area contributed by atoms with Crippen molar-refractivity contribution in [2.45, 2.75) is 31.8 Å². The molecule has 4 rings (SSSR count). The fourth-order valence-electron chi connectivity index (χ4n) is 4.18. The van der Waals surface area contributed by atoms with Gasteiger partial charge in [-0.3, -0.25) is 14.5 Å². The summed E-state index contributed by atoms with van der Waals surface area (Å²) in [5.41, 5.74) is 1.89. The van der Waals surface area contributed by atoms with Crippen LogP contribution in [0.1, 0.15) is 41.3 Å². The Morgan fingerprint density at radius 3 is 2.44 bits per heavy atom. The Morgan fingerprint density at radius 2 is 1.69 bits per heavy atom. The van der Waals surface area contributed by atoms with Crippen molar-refractivity contribution in [1.82, 2.24) is 4.90 Å². The van der Waals surface area contributed by atoms with Gasteiger partial charge in [0.15, 0.2) is 5.78 Å². The van der Waals surface area contributed by atoms with Crippen molar-refractivity contribution in [1.29, 1.82) is 0 Å². The van der Waals surface area contributed by atoms with Gasteiger partial charge in [-0.25, -0.2) is 0 Å². The maximum Gasteiger partial charge on any atom is 0.244 e. The Balaban J connectivity index is 1.55. The van der Waals surface area contributed by atoms with Gasteiger partial charge in [-0.1, -0.05) is 71.7 Å². The topological polar surface area (TPSA) is 49.4 Å². The van der Waals surface area contributed by atoms with Crippen LogP contribution in [-0.4, -0.2) is 28.7 Å². The maximum absolute atomic E-state index is 13.5. The van der Waals surface area contributed by atoms with E-state index in [4.69, 9.17) is 23.2 Å². The average molecular weight is 467 g/mol. The van der Waals surface area contributed by atoms with E-state index in [9.17, 15) is 9.59 Å². The number of rotatable bonds is 6. The molecule has 1 saturated heterocycles. The molecule has 3 aromatic carbocycles. The standard InChI is InChI=1S/C26H24Cl2N2O2/c1-26(14-7-15-30(26)17-18-12-13-21(27)22(28)16-18)25(32)29-23-11-6-5-10-20(23)24(31)19-8-3-2-4-9-19/h2-6,8-13,16H,7,14-15,17H2,1H3,(H,29,32)/t26-/m1/s1. The fourth-order valence-corrected chi connectivity index (χ4v) is 4.50. The second-order valence-electron chi connectivity index (χ2n) is 8.24. The third kappa shape index (κ3) is 4.58. The first kappa shape index (κ1) is 22.5. The van der Waals surface area contributed by atoms with Crippen LogP contribution in [0, 0.1) is 0 Å². The number of halogens is 2. The lowest BCUT2D eigenvalue weighted by molar-refractivity contribution is -0.125. The van der Waals surface area contributed by atoms with Crippen LogP contribution in [-0.2, 0) is 11.3 Å². The van der Waals surface area contributed by atoms with Crippen LogP contribution in [0.25, 0.3) is 0 Å². The highest BCUT2D eigenvalue weighted by molar-refractivity contribution is 6.42. The summed E-state index contributed by atoms with van der Waals surface area (Å²) >= 11 is 12.2. The number of carbonyl (C=O) groups excluding carboxylic acids is 2. The molecule has 0 radical (unpaired) electrons. The monoisotopic (exact) mass is 466 g/mol. The lowest BCUT2D eigenvalue weighted by atomic mass is 9.96. The molecule has 0 unspecified atom stereocenters. The molecule has 3 aromatic rings. The number of hydrogen-bond donors (Lipinski definition) is 1. The third-order valence-corrected chi connectivity index (χ3v) is 6.83. The van der Waals surface area contributed by atoms with Crippen molar-refractivity contribution in [3.63, 3.8) is 0 Å². The maximum atomic E-state index is 13.5. The van der Waals surface area contributed by atoms with Crippen LogP contribution in [0.4, 0.5) is 5.69 Å². The third-order valence-electron chi connectivity index (χ3n) is 6.09. The first-order chi connectivity index (χ1) is 15.4. The predicted molar refractivity (Wildman–Crippen MR) is 129 cm³/mol. The molecule has 164 valence electrons. The van der Waals surface area contributed by atoms with Gasteiger partial charge in [0.25, 0.3) is 0 Å². The normalized spacial score (nSPS) is 18.5. The van der Waals surface area contributed by atoms with Gasteiger partial charge in [0.1, 0.15) is 0 Å². The minimum atomic E-state index is -0.699. The number of carbonyl (C=O) groups is 2. The van der Waals surface area contributed by atoms with E-state index in [1.165, 1.54) is 0 Å². The van der Waals surface area contributed by atoms with Crippen molar-refractivity contribution in [3.05, 3.63) is 99.5 Å². The zero-order chi connectivity index (χ0) is 22.7. The molecule has 0 aromatic heterocycles. The van der Waals surface area contributed by atoms with Crippen molar-refractivity contribution in [2.75, 3.05) is 11.9 Å². The number of likely N-dealkylation sites (tertiary alicyclic amines) is 1. The van der Waals surface area contributed by atoms with Gasteiger partial charge in [-0.2, -0.15) is 0 Å². The molecule has 1 atom stereocenters. The first-order valence-corrected chi connectivity index (χ1v) is 11.3. The fraction of sp³-hybridized carbons (Fsp3) is 0.231. The molecule has 0 aliphatic carbocycles. The molecule has 4 nitrogen and oxygen atoms in total. The zero-order valence-corrected chi connectivity index (χ0v) is 19.3. The first-order valence-electron chi connectivity index (χ1n) is 10.6. The molecule has 1 amide bonds. The number of nitrogens with one attached hydrogen (secondary N) is 1. The number of hydrogen-bond acceptors (Lipinski definition) is 3. The summed E-state index contributed by atoms with van der Waals surface area (Å²) in [4.78, 5) is 28.6. The second-order valence-corrected chi connectivity index (χ2v) is 9.06. The number of nitrogens with zero attached hydrogens (tertiary/aromatic N) is 1. The number of para-hydroxylation sites is 1. The van der Waals surface area contributed by atoms with Crippen LogP contribution < -0.4 is 5.32 Å². The van der Waals surface area contributed by atoms with E-state index >= 15 is 0 Å². The molecule has 32 heavy (non-hydrogen) atoms. The number of ketones is 1. The van der Waals surface area contributed by atoms with Crippen LogP contribution in [0.5, 0.6) is 0 Å². The summed E-state index contributed by atoms with van der Waals surface area (Å²) in [6.45, 7) is 3.34. The van der Waals surface area contributed by atoms with E-state index in [1.807, 2.05) is 43.3 Å². The Bertz CT molecular complexity index is 1150. The summed E-state index contributed by atoms with van der Waals surface area (Å²) < 4.78 is 0. The van der Waals surface area contributed by atoms with Crippen molar-refractivity contribution < 1.29 is 9.59 Å². The molecule has 1 heterocycles.